The number of hydrogen-bond donors (Lipinski definition) is 2. The fourth-order valence-corrected chi connectivity index (χ4v) is 2.19. The summed E-state index contributed by atoms with van der Waals surface area (Å²) in [5, 5.41) is 10.0. The molecule has 1 saturated carbocycles. The molecule has 0 aliphatic heterocycles. The van der Waals surface area contributed by atoms with E-state index < -0.39 is 0 Å². The molecule has 5 nitrogen and oxygen atoms in total. The van der Waals surface area contributed by atoms with Crippen LogP contribution >= 0.6 is 0 Å². The van der Waals surface area contributed by atoms with E-state index in [1.807, 2.05) is 43.5 Å². The van der Waals surface area contributed by atoms with E-state index in [1.165, 1.54) is 12.8 Å². The zero-order valence-electron chi connectivity index (χ0n) is 11.4. The van der Waals surface area contributed by atoms with Crippen LogP contribution in [0.4, 0.5) is 10.6 Å². The molecule has 1 atom stereocenters. The van der Waals surface area contributed by atoms with E-state index in [4.69, 9.17) is 0 Å². The van der Waals surface area contributed by atoms with Crippen LogP contribution in [0.3, 0.4) is 0 Å². The largest absolute Gasteiger partial charge is 0.335 e. The van der Waals surface area contributed by atoms with Gasteiger partial charge in [-0.25, -0.2) is 9.48 Å². The van der Waals surface area contributed by atoms with Crippen LogP contribution in [-0.2, 0) is 0 Å². The van der Waals surface area contributed by atoms with Gasteiger partial charge in [-0.05, 0) is 37.8 Å². The van der Waals surface area contributed by atoms with Crippen LogP contribution in [-0.4, -0.2) is 21.9 Å². The molecule has 0 spiro atoms. The number of nitrogens with one attached hydrogen (secondary N) is 2. The van der Waals surface area contributed by atoms with Crippen molar-refractivity contribution in [3.63, 3.8) is 0 Å². The first kappa shape index (κ1) is 12.7. The predicted octanol–water partition coefficient (Wildman–Crippen LogP) is 2.79. The van der Waals surface area contributed by atoms with Crippen LogP contribution in [0.25, 0.3) is 5.69 Å². The van der Waals surface area contributed by atoms with Gasteiger partial charge in [-0.15, -0.1) is 5.10 Å². The maximum absolute atomic E-state index is 11.8. The van der Waals surface area contributed by atoms with Crippen molar-refractivity contribution in [2.24, 2.45) is 5.92 Å². The van der Waals surface area contributed by atoms with Gasteiger partial charge >= 0.3 is 6.03 Å². The predicted molar refractivity (Wildman–Crippen MR) is 77.9 cm³/mol. The fourth-order valence-electron chi connectivity index (χ4n) is 2.19. The Morgan fingerprint density at radius 2 is 2.05 bits per heavy atom. The Labute approximate surface area is 118 Å². The van der Waals surface area contributed by atoms with Crippen LogP contribution < -0.4 is 10.6 Å². The van der Waals surface area contributed by atoms with Crippen molar-refractivity contribution >= 4 is 11.8 Å². The zero-order chi connectivity index (χ0) is 13.9. The lowest BCUT2D eigenvalue weighted by Crippen LogP contribution is -2.37. The van der Waals surface area contributed by atoms with Crippen LogP contribution in [0.1, 0.15) is 19.8 Å². The number of benzene rings is 1. The van der Waals surface area contributed by atoms with Crippen molar-refractivity contribution in [3.8, 4) is 5.69 Å². The Morgan fingerprint density at radius 3 is 2.75 bits per heavy atom. The molecule has 0 bridgehead atoms. The van der Waals surface area contributed by atoms with Gasteiger partial charge in [0.05, 0.1) is 5.69 Å². The third-order valence-electron chi connectivity index (χ3n) is 3.54. The van der Waals surface area contributed by atoms with E-state index in [2.05, 4.69) is 15.7 Å². The number of carbonyl (C=O) groups excluding carboxylic acids is 1. The summed E-state index contributed by atoms with van der Waals surface area (Å²) < 4.78 is 1.74. The van der Waals surface area contributed by atoms with Gasteiger partial charge in [-0.3, -0.25) is 5.32 Å². The SMILES string of the molecule is C[C@H](NC(=O)Nc1ccn(-c2ccccc2)n1)C1CC1. The van der Waals surface area contributed by atoms with Gasteiger partial charge in [0.15, 0.2) is 5.82 Å². The highest BCUT2D eigenvalue weighted by Crippen LogP contribution is 2.32. The van der Waals surface area contributed by atoms with E-state index in [0.29, 0.717) is 11.7 Å². The molecule has 5 heteroatoms. The Morgan fingerprint density at radius 1 is 1.30 bits per heavy atom. The smallest absolute Gasteiger partial charge is 0.320 e. The van der Waals surface area contributed by atoms with Crippen molar-refractivity contribution in [1.82, 2.24) is 15.1 Å². The highest BCUT2D eigenvalue weighted by atomic mass is 16.2. The van der Waals surface area contributed by atoms with Crippen molar-refractivity contribution < 1.29 is 4.79 Å². The van der Waals surface area contributed by atoms with Gasteiger partial charge in [0.1, 0.15) is 0 Å². The summed E-state index contributed by atoms with van der Waals surface area (Å²) in [4.78, 5) is 11.8. The number of rotatable bonds is 4. The molecular formula is C15H18N4O. The van der Waals surface area contributed by atoms with E-state index in [-0.39, 0.29) is 12.1 Å². The molecule has 1 aliphatic rings. The molecule has 1 aromatic heterocycles. The summed E-state index contributed by atoms with van der Waals surface area (Å²) in [6, 6.07) is 11.6. The van der Waals surface area contributed by atoms with E-state index in [0.717, 1.165) is 5.69 Å². The number of anilines is 1. The maximum Gasteiger partial charge on any atom is 0.320 e. The monoisotopic (exact) mass is 270 g/mol. The lowest BCUT2D eigenvalue weighted by atomic mass is 10.2. The minimum atomic E-state index is -0.192. The van der Waals surface area contributed by atoms with Gasteiger partial charge in [0, 0.05) is 18.3 Å². The number of urea groups is 1. The average Bonchev–Trinajstić information content (AvgIpc) is 3.21. The van der Waals surface area contributed by atoms with Crippen LogP contribution in [0.2, 0.25) is 0 Å². The first-order valence-electron chi connectivity index (χ1n) is 6.91. The number of aromatic nitrogens is 2. The number of amides is 2. The first-order chi connectivity index (χ1) is 9.72. The summed E-state index contributed by atoms with van der Waals surface area (Å²) >= 11 is 0. The number of carbonyl (C=O) groups is 1. The minimum absolute atomic E-state index is 0.192. The quantitative estimate of drug-likeness (QED) is 0.897. The lowest BCUT2D eigenvalue weighted by Gasteiger charge is -2.12. The minimum Gasteiger partial charge on any atom is -0.335 e. The Hall–Kier alpha value is -2.30. The number of para-hydroxylation sites is 1. The van der Waals surface area contributed by atoms with Crippen molar-refractivity contribution in [2.45, 2.75) is 25.8 Å². The zero-order valence-corrected chi connectivity index (χ0v) is 11.4. The summed E-state index contributed by atoms with van der Waals surface area (Å²) in [5.41, 5.74) is 0.965. The molecule has 2 aromatic rings. The van der Waals surface area contributed by atoms with Gasteiger partial charge in [-0.1, -0.05) is 18.2 Å². The second kappa shape index (κ2) is 5.36. The second-order valence-corrected chi connectivity index (χ2v) is 5.21. The second-order valence-electron chi connectivity index (χ2n) is 5.21. The average molecular weight is 270 g/mol. The number of nitrogens with zero attached hydrogens (tertiary/aromatic N) is 2. The molecule has 0 saturated heterocycles. The van der Waals surface area contributed by atoms with E-state index in [9.17, 15) is 4.79 Å². The summed E-state index contributed by atoms with van der Waals surface area (Å²) in [6.07, 6.45) is 4.25. The summed E-state index contributed by atoms with van der Waals surface area (Å²) in [5.74, 6) is 1.19. The molecular weight excluding hydrogens is 252 g/mol. The van der Waals surface area contributed by atoms with Crippen LogP contribution in [0, 0.1) is 5.92 Å². The Bertz CT molecular complexity index is 589. The standard InChI is InChI=1S/C15H18N4O/c1-11(12-7-8-12)16-15(20)17-14-9-10-19(18-14)13-5-3-2-4-6-13/h2-6,9-12H,7-8H2,1H3,(H2,16,17,18,20)/t11-/m0/s1. The third-order valence-corrected chi connectivity index (χ3v) is 3.54. The Kier molecular flexibility index (Phi) is 3.41. The van der Waals surface area contributed by atoms with E-state index in [1.54, 1.807) is 10.7 Å². The molecule has 104 valence electrons. The maximum atomic E-state index is 11.8. The molecule has 3 rings (SSSR count). The van der Waals surface area contributed by atoms with Gasteiger partial charge in [0.25, 0.3) is 0 Å². The fraction of sp³-hybridized carbons (Fsp3) is 0.333. The molecule has 20 heavy (non-hydrogen) atoms. The van der Waals surface area contributed by atoms with Crippen molar-refractivity contribution in [2.75, 3.05) is 5.32 Å². The summed E-state index contributed by atoms with van der Waals surface area (Å²) in [6.45, 7) is 2.04. The third kappa shape index (κ3) is 2.99. The van der Waals surface area contributed by atoms with Gasteiger partial charge in [-0.2, -0.15) is 0 Å². The van der Waals surface area contributed by atoms with Gasteiger partial charge < -0.3 is 5.32 Å². The summed E-state index contributed by atoms with van der Waals surface area (Å²) in [7, 11) is 0. The van der Waals surface area contributed by atoms with Gasteiger partial charge in [0.2, 0.25) is 0 Å². The molecule has 2 N–H and O–H groups in total. The van der Waals surface area contributed by atoms with Crippen LogP contribution in [0.15, 0.2) is 42.6 Å². The molecule has 1 fully saturated rings. The van der Waals surface area contributed by atoms with Crippen molar-refractivity contribution in [3.05, 3.63) is 42.6 Å². The molecule has 1 aromatic carbocycles. The number of hydrogen-bond acceptors (Lipinski definition) is 2. The molecule has 0 radical (unpaired) electrons. The normalized spacial score (nSPS) is 15.7. The molecule has 2 amide bonds. The Balaban J connectivity index is 1.61. The van der Waals surface area contributed by atoms with Crippen molar-refractivity contribution in [1.29, 1.82) is 0 Å². The highest BCUT2D eigenvalue weighted by molar-refractivity contribution is 5.88. The molecule has 1 aliphatic carbocycles. The molecule has 0 unspecified atom stereocenters. The topological polar surface area (TPSA) is 59.0 Å². The highest BCUT2D eigenvalue weighted by Gasteiger charge is 2.28. The lowest BCUT2D eigenvalue weighted by molar-refractivity contribution is 0.248. The van der Waals surface area contributed by atoms with E-state index >= 15 is 0 Å². The molecule has 1 heterocycles. The van der Waals surface area contributed by atoms with Crippen LogP contribution in [0.5, 0.6) is 0 Å². The first-order valence-corrected chi connectivity index (χ1v) is 6.91.